The van der Waals surface area contributed by atoms with E-state index in [9.17, 15) is 4.79 Å². The molecule has 0 bridgehead atoms. The molecule has 4 nitrogen and oxygen atoms in total. The second kappa shape index (κ2) is 8.09. The van der Waals surface area contributed by atoms with E-state index in [4.69, 9.17) is 0 Å². The van der Waals surface area contributed by atoms with Gasteiger partial charge in [-0.2, -0.15) is 0 Å². The predicted molar refractivity (Wildman–Crippen MR) is 111 cm³/mol. The van der Waals surface area contributed by atoms with Crippen LogP contribution in [-0.4, -0.2) is 15.3 Å². The van der Waals surface area contributed by atoms with E-state index in [1.807, 2.05) is 72.2 Å². The number of fused-ring (bicyclic) bond motifs is 1. The topological polar surface area (TPSA) is 46.4 Å². The molecule has 0 aliphatic carbocycles. The molecule has 0 fully saturated rings. The molecule has 0 aliphatic rings. The maximum Gasteiger partial charge on any atom is 0.221 e. The lowest BCUT2D eigenvalue weighted by atomic mass is 9.88. The first-order valence-corrected chi connectivity index (χ1v) is 9.50. The van der Waals surface area contributed by atoms with Gasteiger partial charge in [0.15, 0.2) is 0 Å². The second-order valence-electron chi connectivity index (χ2n) is 7.06. The molecular weight excluding hydrogens is 346 g/mol. The van der Waals surface area contributed by atoms with Gasteiger partial charge in [-0.1, -0.05) is 66.7 Å². The molecule has 0 spiro atoms. The Morgan fingerprint density at radius 2 is 1.57 bits per heavy atom. The van der Waals surface area contributed by atoms with Gasteiger partial charge in [0.1, 0.15) is 5.65 Å². The Balaban J connectivity index is 1.46. The van der Waals surface area contributed by atoms with Crippen LogP contribution < -0.4 is 5.32 Å². The zero-order valence-electron chi connectivity index (χ0n) is 15.9. The predicted octanol–water partition coefficient (Wildman–Crippen LogP) is 4.48. The number of nitrogens with one attached hydrogen (secondary N) is 1. The summed E-state index contributed by atoms with van der Waals surface area (Å²) in [5.74, 6) is 0.0528. The first-order valence-electron chi connectivity index (χ1n) is 9.50. The number of amides is 1. The van der Waals surface area contributed by atoms with Crippen molar-refractivity contribution in [3.8, 4) is 0 Å². The number of aryl methyl sites for hydroxylation is 1. The lowest BCUT2D eigenvalue weighted by Gasteiger charge is -2.17. The average molecular weight is 369 g/mol. The highest BCUT2D eigenvalue weighted by molar-refractivity contribution is 5.77. The van der Waals surface area contributed by atoms with Gasteiger partial charge in [0.05, 0.1) is 12.2 Å². The summed E-state index contributed by atoms with van der Waals surface area (Å²) < 4.78 is 1.99. The monoisotopic (exact) mass is 369 g/mol. The van der Waals surface area contributed by atoms with Crippen LogP contribution in [0, 0.1) is 6.92 Å². The zero-order chi connectivity index (χ0) is 19.3. The number of carbonyl (C=O) groups excluding carboxylic acids is 1. The van der Waals surface area contributed by atoms with Crippen LogP contribution in [-0.2, 0) is 11.3 Å². The average Bonchev–Trinajstić information content (AvgIpc) is 3.14. The molecular formula is C24H23N3O. The van der Waals surface area contributed by atoms with Crippen LogP contribution >= 0.6 is 0 Å². The van der Waals surface area contributed by atoms with Crippen molar-refractivity contribution in [1.29, 1.82) is 0 Å². The number of pyridine rings is 1. The molecule has 2 heterocycles. The molecule has 0 saturated heterocycles. The summed E-state index contributed by atoms with van der Waals surface area (Å²) in [5, 5.41) is 3.03. The van der Waals surface area contributed by atoms with Gasteiger partial charge in [-0.25, -0.2) is 4.98 Å². The molecule has 0 saturated carbocycles. The van der Waals surface area contributed by atoms with Crippen LogP contribution in [0.3, 0.4) is 0 Å². The molecule has 140 valence electrons. The Bertz CT molecular complexity index is 1030. The molecule has 1 amide bonds. The maximum absolute atomic E-state index is 12.7. The first kappa shape index (κ1) is 18.0. The van der Waals surface area contributed by atoms with Crippen LogP contribution in [0.25, 0.3) is 5.65 Å². The second-order valence-corrected chi connectivity index (χ2v) is 7.06. The number of benzene rings is 2. The van der Waals surface area contributed by atoms with Crippen molar-refractivity contribution in [2.45, 2.75) is 25.8 Å². The molecule has 2 aromatic heterocycles. The number of nitrogens with zero attached hydrogens (tertiary/aromatic N) is 2. The van der Waals surface area contributed by atoms with Crippen molar-refractivity contribution in [2.24, 2.45) is 0 Å². The summed E-state index contributed by atoms with van der Waals surface area (Å²) in [6, 6.07) is 24.4. The van der Waals surface area contributed by atoms with E-state index in [1.54, 1.807) is 0 Å². The van der Waals surface area contributed by atoms with Gasteiger partial charge in [0.2, 0.25) is 5.91 Å². The fourth-order valence-corrected chi connectivity index (χ4v) is 3.49. The largest absolute Gasteiger partial charge is 0.350 e. The number of carbonyl (C=O) groups is 1. The van der Waals surface area contributed by atoms with Crippen molar-refractivity contribution < 1.29 is 4.79 Å². The van der Waals surface area contributed by atoms with E-state index in [0.29, 0.717) is 13.0 Å². The standard InChI is InChI=1S/C24H23N3O/c1-18-12-13-23-26-21(17-27(23)16-18)15-25-24(28)14-22(19-8-4-2-5-9-19)20-10-6-3-7-11-20/h2-13,16-17,22H,14-15H2,1H3,(H,25,28). The number of aromatic nitrogens is 2. The highest BCUT2D eigenvalue weighted by Gasteiger charge is 2.18. The van der Waals surface area contributed by atoms with Crippen molar-refractivity contribution in [2.75, 3.05) is 0 Å². The summed E-state index contributed by atoms with van der Waals surface area (Å²) in [6.07, 6.45) is 4.41. The van der Waals surface area contributed by atoms with Gasteiger partial charge >= 0.3 is 0 Å². The van der Waals surface area contributed by atoms with Crippen molar-refractivity contribution in [1.82, 2.24) is 14.7 Å². The SMILES string of the molecule is Cc1ccc2nc(CNC(=O)CC(c3ccccc3)c3ccccc3)cn2c1. The lowest BCUT2D eigenvalue weighted by Crippen LogP contribution is -2.25. The number of hydrogen-bond donors (Lipinski definition) is 1. The Morgan fingerprint density at radius 1 is 0.929 bits per heavy atom. The Labute approximate surface area is 164 Å². The zero-order valence-corrected chi connectivity index (χ0v) is 15.9. The molecule has 4 rings (SSSR count). The smallest absolute Gasteiger partial charge is 0.221 e. The summed E-state index contributed by atoms with van der Waals surface area (Å²) in [6.45, 7) is 2.48. The van der Waals surface area contributed by atoms with E-state index in [1.165, 1.54) is 5.56 Å². The summed E-state index contributed by atoms with van der Waals surface area (Å²) in [5.41, 5.74) is 5.21. The molecule has 0 atom stereocenters. The van der Waals surface area contributed by atoms with Crippen LogP contribution in [0.4, 0.5) is 0 Å². The molecule has 2 aromatic carbocycles. The fourth-order valence-electron chi connectivity index (χ4n) is 3.49. The number of hydrogen-bond acceptors (Lipinski definition) is 2. The molecule has 4 heteroatoms. The Morgan fingerprint density at radius 3 is 2.21 bits per heavy atom. The molecule has 1 N–H and O–H groups in total. The van der Waals surface area contributed by atoms with Crippen LogP contribution in [0.1, 0.15) is 34.7 Å². The van der Waals surface area contributed by atoms with Gasteiger partial charge in [0, 0.05) is 24.7 Å². The van der Waals surface area contributed by atoms with Crippen LogP contribution in [0.2, 0.25) is 0 Å². The molecule has 0 unspecified atom stereocenters. The Kier molecular flexibility index (Phi) is 5.20. The van der Waals surface area contributed by atoms with E-state index in [-0.39, 0.29) is 11.8 Å². The van der Waals surface area contributed by atoms with Gasteiger partial charge in [-0.3, -0.25) is 4.79 Å². The minimum atomic E-state index is 0.0194. The molecule has 4 aromatic rings. The third-order valence-corrected chi connectivity index (χ3v) is 4.91. The Hall–Kier alpha value is -3.40. The van der Waals surface area contributed by atoms with Gasteiger partial charge in [-0.05, 0) is 29.7 Å². The highest BCUT2D eigenvalue weighted by Crippen LogP contribution is 2.27. The fraction of sp³-hybridized carbons (Fsp3) is 0.167. The van der Waals surface area contributed by atoms with E-state index in [2.05, 4.69) is 34.6 Å². The highest BCUT2D eigenvalue weighted by atomic mass is 16.1. The summed E-state index contributed by atoms with van der Waals surface area (Å²) >= 11 is 0. The van der Waals surface area contributed by atoms with Crippen LogP contribution in [0.5, 0.6) is 0 Å². The maximum atomic E-state index is 12.7. The summed E-state index contributed by atoms with van der Waals surface area (Å²) in [7, 11) is 0. The van der Waals surface area contributed by atoms with Crippen molar-refractivity contribution >= 4 is 11.6 Å². The van der Waals surface area contributed by atoms with Gasteiger partial charge in [0.25, 0.3) is 0 Å². The minimum Gasteiger partial charge on any atom is -0.350 e. The van der Waals surface area contributed by atoms with E-state index >= 15 is 0 Å². The van der Waals surface area contributed by atoms with E-state index < -0.39 is 0 Å². The number of rotatable bonds is 6. The lowest BCUT2D eigenvalue weighted by molar-refractivity contribution is -0.121. The van der Waals surface area contributed by atoms with Gasteiger partial charge in [-0.15, -0.1) is 0 Å². The quantitative estimate of drug-likeness (QED) is 0.545. The minimum absolute atomic E-state index is 0.0194. The van der Waals surface area contributed by atoms with Crippen LogP contribution in [0.15, 0.2) is 85.2 Å². The van der Waals surface area contributed by atoms with Crippen molar-refractivity contribution in [3.05, 3.63) is 108 Å². The third-order valence-electron chi connectivity index (χ3n) is 4.91. The normalized spacial score (nSPS) is 11.1. The van der Waals surface area contributed by atoms with Crippen molar-refractivity contribution in [3.63, 3.8) is 0 Å². The molecule has 28 heavy (non-hydrogen) atoms. The first-order chi connectivity index (χ1) is 13.7. The molecule has 0 radical (unpaired) electrons. The molecule has 0 aliphatic heterocycles. The van der Waals surface area contributed by atoms with Gasteiger partial charge < -0.3 is 9.72 Å². The summed E-state index contributed by atoms with van der Waals surface area (Å²) in [4.78, 5) is 17.3. The number of imidazole rings is 1. The van der Waals surface area contributed by atoms with E-state index in [0.717, 1.165) is 22.5 Å². The third kappa shape index (κ3) is 4.12.